The average molecular weight is 372 g/mol. The van der Waals surface area contributed by atoms with Crippen LogP contribution in [0.5, 0.6) is 5.75 Å². The topological polar surface area (TPSA) is 50.8 Å². The molecule has 1 aromatic heterocycles. The van der Waals surface area contributed by atoms with E-state index in [1.54, 1.807) is 11.3 Å². The minimum Gasteiger partial charge on any atom is -0.488 e. The van der Waals surface area contributed by atoms with Crippen molar-refractivity contribution in [3.8, 4) is 16.2 Å². The number of nitrogens with one attached hydrogen (secondary N) is 1. The number of benzene rings is 1. The molecule has 0 spiro atoms. The fraction of sp³-hybridized carbons (Fsp3) is 0.450. The minimum atomic E-state index is -0.0912. The second kappa shape index (κ2) is 7.02. The molecule has 1 amide bonds. The number of ether oxygens (including phenoxy) is 2. The number of hydrogen-bond acceptors (Lipinski definition) is 5. The van der Waals surface area contributed by atoms with Crippen LogP contribution in [-0.4, -0.2) is 49.2 Å². The highest BCUT2D eigenvalue weighted by Crippen LogP contribution is 2.42. The molecule has 2 aliphatic heterocycles. The second-order valence-electron chi connectivity index (χ2n) is 7.34. The first-order chi connectivity index (χ1) is 12.5. The molecule has 138 valence electrons. The molecular formula is C20H24N2O3S. The van der Waals surface area contributed by atoms with Gasteiger partial charge in [-0.2, -0.15) is 0 Å². The number of morpholine rings is 1. The van der Waals surface area contributed by atoms with E-state index >= 15 is 0 Å². The Morgan fingerprint density at radius 3 is 2.85 bits per heavy atom. The summed E-state index contributed by atoms with van der Waals surface area (Å²) >= 11 is 1.55. The summed E-state index contributed by atoms with van der Waals surface area (Å²) in [7, 11) is 0. The van der Waals surface area contributed by atoms with Crippen LogP contribution in [0.15, 0.2) is 30.3 Å². The molecule has 6 heteroatoms. The summed E-state index contributed by atoms with van der Waals surface area (Å²) < 4.78 is 11.2. The lowest BCUT2D eigenvalue weighted by Gasteiger charge is -2.40. The molecule has 0 unspecified atom stereocenters. The van der Waals surface area contributed by atoms with Gasteiger partial charge in [0.1, 0.15) is 12.4 Å². The van der Waals surface area contributed by atoms with E-state index in [1.807, 2.05) is 30.3 Å². The zero-order chi connectivity index (χ0) is 18.1. The number of carbonyl (C=O) groups excluding carboxylic acids is 1. The van der Waals surface area contributed by atoms with E-state index < -0.39 is 0 Å². The number of fused-ring (bicyclic) bond motifs is 3. The van der Waals surface area contributed by atoms with Crippen molar-refractivity contribution < 1.29 is 14.3 Å². The van der Waals surface area contributed by atoms with Crippen molar-refractivity contribution in [1.82, 2.24) is 10.2 Å². The number of para-hydroxylation sites is 1. The molecule has 0 saturated carbocycles. The molecule has 4 rings (SSSR count). The van der Waals surface area contributed by atoms with E-state index in [1.165, 1.54) is 0 Å². The summed E-state index contributed by atoms with van der Waals surface area (Å²) in [5.41, 5.74) is 2.07. The van der Waals surface area contributed by atoms with E-state index in [2.05, 4.69) is 24.1 Å². The van der Waals surface area contributed by atoms with Gasteiger partial charge in [0.05, 0.1) is 18.1 Å². The third kappa shape index (κ3) is 3.37. The van der Waals surface area contributed by atoms with Crippen molar-refractivity contribution in [2.75, 3.05) is 32.8 Å². The van der Waals surface area contributed by atoms with Crippen molar-refractivity contribution in [3.05, 3.63) is 40.8 Å². The van der Waals surface area contributed by atoms with Crippen molar-refractivity contribution >= 4 is 17.2 Å². The van der Waals surface area contributed by atoms with Crippen LogP contribution in [0.4, 0.5) is 0 Å². The van der Waals surface area contributed by atoms with Crippen LogP contribution >= 0.6 is 11.3 Å². The number of amides is 1. The quantitative estimate of drug-likeness (QED) is 0.896. The third-order valence-electron chi connectivity index (χ3n) is 5.10. The summed E-state index contributed by atoms with van der Waals surface area (Å²) in [6.07, 6.45) is 0. The van der Waals surface area contributed by atoms with Gasteiger partial charge in [-0.15, -0.1) is 11.3 Å². The SMILES string of the molecule is CC(C)(CNC(=O)c1cc2c(s1)-c1ccccc1OC2)N1CCOCC1. The zero-order valence-corrected chi connectivity index (χ0v) is 16.0. The molecule has 5 nitrogen and oxygen atoms in total. The number of thiophene rings is 1. The highest BCUT2D eigenvalue weighted by atomic mass is 32.1. The lowest BCUT2D eigenvalue weighted by molar-refractivity contribution is -0.00922. The predicted octanol–water partition coefficient (Wildman–Crippen LogP) is 3.15. The van der Waals surface area contributed by atoms with Crippen LogP contribution in [0, 0.1) is 0 Å². The van der Waals surface area contributed by atoms with Crippen molar-refractivity contribution in [2.24, 2.45) is 0 Å². The van der Waals surface area contributed by atoms with Crippen LogP contribution in [0.3, 0.4) is 0 Å². The zero-order valence-electron chi connectivity index (χ0n) is 15.2. The normalized spacial score (nSPS) is 17.2. The molecule has 0 aliphatic carbocycles. The van der Waals surface area contributed by atoms with E-state index in [4.69, 9.17) is 9.47 Å². The lowest BCUT2D eigenvalue weighted by Crippen LogP contribution is -2.55. The van der Waals surface area contributed by atoms with Crippen LogP contribution in [0.25, 0.3) is 10.4 Å². The van der Waals surface area contributed by atoms with Crippen LogP contribution in [-0.2, 0) is 11.3 Å². The van der Waals surface area contributed by atoms with Gasteiger partial charge in [0.25, 0.3) is 5.91 Å². The number of carbonyl (C=O) groups is 1. The average Bonchev–Trinajstić information content (AvgIpc) is 3.12. The Balaban J connectivity index is 1.46. The second-order valence-corrected chi connectivity index (χ2v) is 8.40. The van der Waals surface area contributed by atoms with E-state index in [-0.39, 0.29) is 11.4 Å². The number of hydrogen-bond donors (Lipinski definition) is 1. The molecule has 2 aliphatic rings. The third-order valence-corrected chi connectivity index (χ3v) is 6.31. The maximum atomic E-state index is 12.7. The number of nitrogens with zero attached hydrogens (tertiary/aromatic N) is 1. The van der Waals surface area contributed by atoms with Crippen LogP contribution in [0.1, 0.15) is 29.1 Å². The van der Waals surface area contributed by atoms with Gasteiger partial charge >= 0.3 is 0 Å². The highest BCUT2D eigenvalue weighted by Gasteiger charge is 2.29. The molecule has 0 bridgehead atoms. The minimum absolute atomic E-state index is 0.0109. The number of rotatable bonds is 4. The van der Waals surface area contributed by atoms with Crippen molar-refractivity contribution in [1.29, 1.82) is 0 Å². The summed E-state index contributed by atoms with van der Waals surface area (Å²) in [5.74, 6) is 0.880. The van der Waals surface area contributed by atoms with Gasteiger partial charge < -0.3 is 14.8 Å². The molecule has 1 aromatic carbocycles. The maximum Gasteiger partial charge on any atom is 0.261 e. The Morgan fingerprint density at radius 1 is 1.27 bits per heavy atom. The monoisotopic (exact) mass is 372 g/mol. The maximum absolute atomic E-state index is 12.7. The highest BCUT2D eigenvalue weighted by molar-refractivity contribution is 7.17. The molecule has 1 N–H and O–H groups in total. The van der Waals surface area contributed by atoms with Crippen molar-refractivity contribution in [2.45, 2.75) is 26.0 Å². The molecule has 0 atom stereocenters. The Morgan fingerprint density at radius 2 is 2.04 bits per heavy atom. The molecule has 3 heterocycles. The van der Waals surface area contributed by atoms with Gasteiger partial charge in [-0.25, -0.2) is 0 Å². The first kappa shape index (κ1) is 17.5. The van der Waals surface area contributed by atoms with Gasteiger partial charge in [0.15, 0.2) is 0 Å². The summed E-state index contributed by atoms with van der Waals surface area (Å²) in [6, 6.07) is 9.96. The molecule has 1 fully saturated rings. The van der Waals surface area contributed by atoms with Gasteiger partial charge in [0, 0.05) is 41.2 Å². The summed E-state index contributed by atoms with van der Waals surface area (Å²) in [5, 5.41) is 3.12. The molecule has 1 saturated heterocycles. The van der Waals surface area contributed by atoms with Gasteiger partial charge in [-0.3, -0.25) is 9.69 Å². The first-order valence-electron chi connectivity index (χ1n) is 9.00. The Kier molecular flexibility index (Phi) is 4.73. The Labute approximate surface area is 157 Å². The van der Waals surface area contributed by atoms with Crippen molar-refractivity contribution in [3.63, 3.8) is 0 Å². The summed E-state index contributed by atoms with van der Waals surface area (Å²) in [4.78, 5) is 17.0. The Bertz CT molecular complexity index is 809. The van der Waals surface area contributed by atoms with Gasteiger partial charge in [-0.1, -0.05) is 12.1 Å². The van der Waals surface area contributed by atoms with Crippen LogP contribution in [0.2, 0.25) is 0 Å². The Hall–Kier alpha value is -1.89. The largest absolute Gasteiger partial charge is 0.488 e. The summed E-state index contributed by atoms with van der Waals surface area (Å²) in [6.45, 7) is 8.80. The van der Waals surface area contributed by atoms with E-state index in [0.717, 1.165) is 52.9 Å². The molecule has 2 aromatic rings. The predicted molar refractivity (Wildman–Crippen MR) is 103 cm³/mol. The fourth-order valence-corrected chi connectivity index (χ4v) is 4.59. The molecule has 0 radical (unpaired) electrons. The smallest absolute Gasteiger partial charge is 0.261 e. The standard InChI is InChI=1S/C20H24N2O3S/c1-20(2,22-7-9-24-10-8-22)13-21-19(23)17-11-14-12-25-16-6-4-3-5-15(16)18(14)26-17/h3-6,11H,7-10,12-13H2,1-2H3,(H,21,23). The van der Waals surface area contributed by atoms with Gasteiger partial charge in [0.2, 0.25) is 0 Å². The van der Waals surface area contributed by atoms with Crippen LogP contribution < -0.4 is 10.1 Å². The lowest BCUT2D eigenvalue weighted by atomic mass is 10.0. The molecular weight excluding hydrogens is 348 g/mol. The van der Waals surface area contributed by atoms with E-state index in [0.29, 0.717) is 13.2 Å². The molecule has 26 heavy (non-hydrogen) atoms. The van der Waals surface area contributed by atoms with E-state index in [9.17, 15) is 4.79 Å². The fourth-order valence-electron chi connectivity index (χ4n) is 3.48. The first-order valence-corrected chi connectivity index (χ1v) is 9.82. The van der Waals surface area contributed by atoms with Gasteiger partial charge in [-0.05, 0) is 32.0 Å².